The number of fused-ring (bicyclic) bond motifs is 1. The van der Waals surface area contributed by atoms with E-state index in [2.05, 4.69) is 53.0 Å². The van der Waals surface area contributed by atoms with Crippen LogP contribution in [0.1, 0.15) is 22.3 Å². The molecule has 0 spiro atoms. The fourth-order valence-electron chi connectivity index (χ4n) is 3.40. The molecule has 0 saturated carbocycles. The van der Waals surface area contributed by atoms with Crippen LogP contribution in [-0.2, 0) is 26.3 Å². The van der Waals surface area contributed by atoms with Gasteiger partial charge in [0.2, 0.25) is 0 Å². The van der Waals surface area contributed by atoms with E-state index in [9.17, 15) is 9.90 Å². The molecule has 2 aromatic heterocycles. The quantitative estimate of drug-likeness (QED) is 0.423. The number of rotatable bonds is 8. The average molecular weight is 422 g/mol. The van der Waals surface area contributed by atoms with Gasteiger partial charge < -0.3 is 14.3 Å². The summed E-state index contributed by atoms with van der Waals surface area (Å²) in [6, 6.07) is 17.1. The Kier molecular flexibility index (Phi) is 6.28. The van der Waals surface area contributed by atoms with Crippen molar-refractivity contribution in [2.45, 2.75) is 26.3 Å². The highest BCUT2D eigenvalue weighted by Crippen LogP contribution is 2.23. The molecule has 5 nitrogen and oxygen atoms in total. The van der Waals surface area contributed by atoms with Gasteiger partial charge in [0.25, 0.3) is 0 Å². The molecular formula is C24H23NO4S. The average Bonchev–Trinajstić information content (AvgIpc) is 3.25. The van der Waals surface area contributed by atoms with E-state index in [1.165, 1.54) is 17.2 Å². The maximum atomic E-state index is 11.6. The van der Waals surface area contributed by atoms with Gasteiger partial charge in [0.05, 0.1) is 6.61 Å². The van der Waals surface area contributed by atoms with Crippen LogP contribution >= 0.6 is 11.3 Å². The van der Waals surface area contributed by atoms with Crippen LogP contribution in [0.5, 0.6) is 5.75 Å². The predicted octanol–water partition coefficient (Wildman–Crippen LogP) is 4.56. The highest BCUT2D eigenvalue weighted by atomic mass is 32.1. The molecular weight excluding hydrogens is 398 g/mol. The zero-order chi connectivity index (χ0) is 20.9. The summed E-state index contributed by atoms with van der Waals surface area (Å²) in [4.78, 5) is 13.9. The van der Waals surface area contributed by atoms with E-state index < -0.39 is 5.63 Å². The monoisotopic (exact) mass is 421 g/mol. The van der Waals surface area contributed by atoms with Crippen molar-refractivity contribution in [2.24, 2.45) is 0 Å². The molecule has 30 heavy (non-hydrogen) atoms. The lowest BCUT2D eigenvalue weighted by molar-refractivity contribution is 0.282. The number of hydrogen-bond donors (Lipinski definition) is 1. The second-order valence-electron chi connectivity index (χ2n) is 7.32. The minimum absolute atomic E-state index is 0.211. The molecule has 0 fully saturated rings. The highest BCUT2D eigenvalue weighted by molar-refractivity contribution is 7.07. The van der Waals surface area contributed by atoms with Crippen LogP contribution in [0.15, 0.2) is 74.6 Å². The molecule has 6 heteroatoms. The molecule has 2 heterocycles. The first kappa shape index (κ1) is 20.3. The first-order chi connectivity index (χ1) is 14.6. The van der Waals surface area contributed by atoms with Crippen molar-refractivity contribution < 1.29 is 14.3 Å². The van der Waals surface area contributed by atoms with Gasteiger partial charge in [0.15, 0.2) is 0 Å². The number of ether oxygens (including phenoxy) is 1. The minimum Gasteiger partial charge on any atom is -0.489 e. The molecule has 0 aliphatic rings. The summed E-state index contributed by atoms with van der Waals surface area (Å²) in [6.45, 7) is 2.02. The minimum atomic E-state index is -0.483. The lowest BCUT2D eigenvalue weighted by Gasteiger charge is -2.16. The Morgan fingerprint density at radius 2 is 1.77 bits per heavy atom. The molecule has 0 aliphatic heterocycles. The molecule has 0 bridgehead atoms. The number of thiophene rings is 1. The largest absolute Gasteiger partial charge is 0.489 e. The maximum Gasteiger partial charge on any atom is 0.336 e. The number of benzene rings is 2. The molecule has 0 saturated heterocycles. The Hall–Kier alpha value is -2.93. The van der Waals surface area contributed by atoms with E-state index >= 15 is 0 Å². The SMILES string of the molecule is CN(Cc1ccc(COc2ccc3c(CO)cc(=O)oc3c2)cc1)Cc1ccsc1. The lowest BCUT2D eigenvalue weighted by atomic mass is 10.1. The van der Waals surface area contributed by atoms with Gasteiger partial charge in [-0.3, -0.25) is 4.90 Å². The molecule has 0 atom stereocenters. The summed E-state index contributed by atoms with van der Waals surface area (Å²) in [5.41, 5.74) is 4.12. The summed E-state index contributed by atoms with van der Waals surface area (Å²) in [5.74, 6) is 0.611. The van der Waals surface area contributed by atoms with Crippen molar-refractivity contribution in [3.8, 4) is 5.75 Å². The summed E-state index contributed by atoms with van der Waals surface area (Å²) in [7, 11) is 2.12. The Balaban J connectivity index is 1.37. The summed E-state index contributed by atoms with van der Waals surface area (Å²) in [5, 5.41) is 14.4. The summed E-state index contributed by atoms with van der Waals surface area (Å²) < 4.78 is 11.1. The van der Waals surface area contributed by atoms with Crippen molar-refractivity contribution in [3.63, 3.8) is 0 Å². The van der Waals surface area contributed by atoms with E-state index in [1.54, 1.807) is 23.5 Å². The summed E-state index contributed by atoms with van der Waals surface area (Å²) >= 11 is 1.72. The molecule has 154 valence electrons. The molecule has 0 unspecified atom stereocenters. The van der Waals surface area contributed by atoms with Gasteiger partial charge in [0, 0.05) is 30.6 Å². The van der Waals surface area contributed by atoms with Crippen molar-refractivity contribution in [2.75, 3.05) is 7.05 Å². The third-order valence-corrected chi connectivity index (χ3v) is 5.62. The lowest BCUT2D eigenvalue weighted by Crippen LogP contribution is -2.16. The number of aliphatic hydroxyl groups excluding tert-OH is 1. The van der Waals surface area contributed by atoms with Crippen molar-refractivity contribution >= 4 is 22.3 Å². The zero-order valence-electron chi connectivity index (χ0n) is 16.7. The van der Waals surface area contributed by atoms with Gasteiger partial charge in [-0.25, -0.2) is 4.79 Å². The molecule has 0 amide bonds. The molecule has 0 aliphatic carbocycles. The van der Waals surface area contributed by atoms with Crippen LogP contribution in [0.3, 0.4) is 0 Å². The topological polar surface area (TPSA) is 62.9 Å². The maximum absolute atomic E-state index is 11.6. The molecule has 0 radical (unpaired) electrons. The molecule has 4 aromatic rings. The summed E-state index contributed by atoms with van der Waals surface area (Å²) in [6.07, 6.45) is 0. The number of nitrogens with zero attached hydrogens (tertiary/aromatic N) is 1. The van der Waals surface area contributed by atoms with Gasteiger partial charge in [-0.2, -0.15) is 11.3 Å². The Bertz CT molecular complexity index is 1170. The van der Waals surface area contributed by atoms with Crippen LogP contribution in [0.4, 0.5) is 0 Å². The van der Waals surface area contributed by atoms with Gasteiger partial charge in [-0.15, -0.1) is 0 Å². The van der Waals surface area contributed by atoms with E-state index in [4.69, 9.17) is 9.15 Å². The van der Waals surface area contributed by atoms with Crippen molar-refractivity contribution in [1.82, 2.24) is 4.90 Å². The van der Waals surface area contributed by atoms with Crippen LogP contribution in [0, 0.1) is 0 Å². The standard InChI is InChI=1S/C24H23NO4S/c1-25(13-19-8-9-30-16-19)12-17-2-4-18(5-3-17)15-28-21-6-7-22-20(14-26)10-24(27)29-23(22)11-21/h2-11,16,26H,12-15H2,1H3. The van der Waals surface area contributed by atoms with Gasteiger partial charge in [-0.05, 0) is 58.3 Å². The van der Waals surface area contributed by atoms with Gasteiger partial charge >= 0.3 is 5.63 Å². The first-order valence-electron chi connectivity index (χ1n) is 9.68. The van der Waals surface area contributed by atoms with Gasteiger partial charge in [0.1, 0.15) is 17.9 Å². The number of hydrogen-bond acceptors (Lipinski definition) is 6. The molecule has 1 N–H and O–H groups in total. The molecule has 2 aromatic carbocycles. The highest BCUT2D eigenvalue weighted by Gasteiger charge is 2.07. The Morgan fingerprint density at radius 1 is 1.00 bits per heavy atom. The Labute approximate surface area is 178 Å². The third kappa shape index (κ3) is 4.97. The molecule has 4 rings (SSSR count). The van der Waals surface area contributed by atoms with Crippen LogP contribution in [0.2, 0.25) is 0 Å². The van der Waals surface area contributed by atoms with Crippen LogP contribution < -0.4 is 10.4 Å². The van der Waals surface area contributed by atoms with Crippen LogP contribution in [0.25, 0.3) is 11.0 Å². The zero-order valence-corrected chi connectivity index (χ0v) is 17.5. The smallest absolute Gasteiger partial charge is 0.336 e. The predicted molar refractivity (Wildman–Crippen MR) is 119 cm³/mol. The Morgan fingerprint density at radius 3 is 2.50 bits per heavy atom. The van der Waals surface area contributed by atoms with E-state index in [1.807, 2.05) is 6.07 Å². The van der Waals surface area contributed by atoms with E-state index in [0.717, 1.165) is 18.7 Å². The van der Waals surface area contributed by atoms with E-state index in [0.29, 0.717) is 28.9 Å². The van der Waals surface area contributed by atoms with E-state index in [-0.39, 0.29) is 6.61 Å². The second-order valence-corrected chi connectivity index (χ2v) is 8.10. The normalized spacial score (nSPS) is 11.3. The third-order valence-electron chi connectivity index (χ3n) is 4.89. The second kappa shape index (κ2) is 9.26. The van der Waals surface area contributed by atoms with Crippen molar-refractivity contribution in [1.29, 1.82) is 0 Å². The fraction of sp³-hybridized carbons (Fsp3) is 0.208. The first-order valence-corrected chi connectivity index (χ1v) is 10.6. The fourth-order valence-corrected chi connectivity index (χ4v) is 4.06. The van der Waals surface area contributed by atoms with Crippen molar-refractivity contribution in [3.05, 3.63) is 98.0 Å². The number of aliphatic hydroxyl groups is 1. The van der Waals surface area contributed by atoms with Crippen LogP contribution in [-0.4, -0.2) is 17.1 Å². The van der Waals surface area contributed by atoms with Gasteiger partial charge in [-0.1, -0.05) is 24.3 Å².